The molecule has 0 aromatic heterocycles. The summed E-state index contributed by atoms with van der Waals surface area (Å²) in [5, 5.41) is 31.7. The lowest BCUT2D eigenvalue weighted by Gasteiger charge is -2.10. The van der Waals surface area contributed by atoms with Crippen molar-refractivity contribution >= 4 is 11.9 Å². The SMILES string of the molecule is C=C(C)C(=O)C(O)COCCOCCOCCO.O=C(O)O. The highest BCUT2D eigenvalue weighted by atomic mass is 16.6. The second kappa shape index (κ2) is 15.9. The van der Waals surface area contributed by atoms with Gasteiger partial charge in [-0.05, 0) is 12.5 Å². The molecule has 0 aliphatic rings. The number of rotatable bonds is 12. The number of carbonyl (C=O) groups excluding carboxylic acids is 1. The second-order valence-corrected chi connectivity index (χ2v) is 3.97. The van der Waals surface area contributed by atoms with Gasteiger partial charge in [0.25, 0.3) is 0 Å². The summed E-state index contributed by atoms with van der Waals surface area (Å²) in [6.45, 7) is 6.71. The fraction of sp³-hybridized carbons (Fsp3) is 0.692. The van der Waals surface area contributed by atoms with Gasteiger partial charge in [-0.2, -0.15) is 0 Å². The van der Waals surface area contributed by atoms with Gasteiger partial charge < -0.3 is 34.6 Å². The number of ketones is 1. The predicted octanol–water partition coefficient (Wildman–Crippen LogP) is -0.243. The number of aliphatic hydroxyl groups excluding tert-OH is 2. The van der Waals surface area contributed by atoms with E-state index >= 15 is 0 Å². The third-order valence-electron chi connectivity index (χ3n) is 1.98. The Kier molecular flexibility index (Phi) is 16.4. The third-order valence-corrected chi connectivity index (χ3v) is 1.98. The van der Waals surface area contributed by atoms with Crippen molar-refractivity contribution in [2.45, 2.75) is 13.0 Å². The molecule has 9 nitrogen and oxygen atoms in total. The maximum absolute atomic E-state index is 11.2. The first-order valence-electron chi connectivity index (χ1n) is 6.46. The normalized spacial score (nSPS) is 11.2. The van der Waals surface area contributed by atoms with E-state index in [1.54, 1.807) is 6.92 Å². The number of carboxylic acid groups (broad SMARTS) is 2. The molecule has 0 spiro atoms. The lowest BCUT2D eigenvalue weighted by atomic mass is 10.1. The van der Waals surface area contributed by atoms with Gasteiger partial charge in [0.2, 0.25) is 0 Å². The Morgan fingerprint density at radius 3 is 1.82 bits per heavy atom. The lowest BCUT2D eigenvalue weighted by molar-refractivity contribution is -0.126. The molecule has 0 aromatic carbocycles. The monoisotopic (exact) mass is 324 g/mol. The number of hydrogen-bond donors (Lipinski definition) is 4. The van der Waals surface area contributed by atoms with Crippen LogP contribution in [-0.4, -0.2) is 84.7 Å². The van der Waals surface area contributed by atoms with Crippen molar-refractivity contribution in [1.82, 2.24) is 0 Å². The molecule has 130 valence electrons. The molecule has 4 N–H and O–H groups in total. The van der Waals surface area contributed by atoms with E-state index in [1.165, 1.54) is 0 Å². The van der Waals surface area contributed by atoms with Crippen LogP contribution < -0.4 is 0 Å². The van der Waals surface area contributed by atoms with Gasteiger partial charge in [-0.1, -0.05) is 6.58 Å². The van der Waals surface area contributed by atoms with Crippen LogP contribution in [0.4, 0.5) is 4.79 Å². The molecule has 0 radical (unpaired) electrons. The molecule has 1 atom stereocenters. The molecule has 0 bridgehead atoms. The first-order chi connectivity index (χ1) is 10.3. The summed E-state index contributed by atoms with van der Waals surface area (Å²) in [4.78, 5) is 19.8. The maximum atomic E-state index is 11.2. The molecule has 0 aliphatic carbocycles. The van der Waals surface area contributed by atoms with Crippen molar-refractivity contribution in [2.75, 3.05) is 46.2 Å². The quantitative estimate of drug-likeness (QED) is 0.282. The molecule has 0 aliphatic heterocycles. The minimum absolute atomic E-state index is 0.00223. The topological polar surface area (TPSA) is 143 Å². The van der Waals surface area contributed by atoms with E-state index in [4.69, 9.17) is 34.3 Å². The number of aliphatic hydroxyl groups is 2. The number of carbonyl (C=O) groups is 2. The van der Waals surface area contributed by atoms with Gasteiger partial charge in [-0.3, -0.25) is 4.79 Å². The average Bonchev–Trinajstić information content (AvgIpc) is 2.43. The Bertz CT molecular complexity index is 313. The molecule has 0 saturated carbocycles. The number of Topliss-reactive ketones (excluding diaryl/α,β-unsaturated/α-hetero) is 1. The third kappa shape index (κ3) is 18.5. The van der Waals surface area contributed by atoms with Crippen LogP contribution in [0.1, 0.15) is 6.92 Å². The summed E-state index contributed by atoms with van der Waals surface area (Å²) in [6.07, 6.45) is -2.99. The number of hydrogen-bond acceptors (Lipinski definition) is 7. The molecular weight excluding hydrogens is 300 g/mol. The first-order valence-corrected chi connectivity index (χ1v) is 6.46. The van der Waals surface area contributed by atoms with Gasteiger partial charge in [-0.25, -0.2) is 4.79 Å². The zero-order valence-corrected chi connectivity index (χ0v) is 12.6. The highest BCUT2D eigenvalue weighted by Crippen LogP contribution is 1.97. The van der Waals surface area contributed by atoms with E-state index < -0.39 is 18.0 Å². The molecule has 0 amide bonds. The van der Waals surface area contributed by atoms with Crippen molar-refractivity contribution in [3.63, 3.8) is 0 Å². The minimum Gasteiger partial charge on any atom is -0.450 e. The average molecular weight is 324 g/mol. The van der Waals surface area contributed by atoms with Gasteiger partial charge in [0, 0.05) is 0 Å². The molecule has 0 fully saturated rings. The predicted molar refractivity (Wildman–Crippen MR) is 76.0 cm³/mol. The molecule has 0 rings (SSSR count). The molecule has 0 aromatic rings. The summed E-state index contributed by atoms with van der Waals surface area (Å²) in [7, 11) is 0. The summed E-state index contributed by atoms with van der Waals surface area (Å²) in [5.74, 6) is -0.409. The second-order valence-electron chi connectivity index (χ2n) is 3.97. The van der Waals surface area contributed by atoms with Crippen molar-refractivity contribution in [3.05, 3.63) is 12.2 Å². The Morgan fingerprint density at radius 1 is 1.00 bits per heavy atom. The smallest absolute Gasteiger partial charge is 0.450 e. The fourth-order valence-electron chi connectivity index (χ4n) is 1.06. The Hall–Kier alpha value is -1.52. The van der Waals surface area contributed by atoms with E-state index in [0.29, 0.717) is 38.6 Å². The summed E-state index contributed by atoms with van der Waals surface area (Å²) >= 11 is 0. The van der Waals surface area contributed by atoms with Crippen LogP contribution in [-0.2, 0) is 19.0 Å². The van der Waals surface area contributed by atoms with Gasteiger partial charge >= 0.3 is 6.16 Å². The van der Waals surface area contributed by atoms with Gasteiger partial charge in [-0.15, -0.1) is 0 Å². The van der Waals surface area contributed by atoms with Crippen LogP contribution in [0.5, 0.6) is 0 Å². The van der Waals surface area contributed by atoms with Gasteiger partial charge in [0.15, 0.2) is 5.78 Å². The van der Waals surface area contributed by atoms with Crippen LogP contribution >= 0.6 is 0 Å². The van der Waals surface area contributed by atoms with Crippen LogP contribution in [0.25, 0.3) is 0 Å². The largest absolute Gasteiger partial charge is 0.503 e. The molecule has 0 heterocycles. The van der Waals surface area contributed by atoms with Crippen molar-refractivity contribution in [3.8, 4) is 0 Å². The molecule has 0 saturated heterocycles. The van der Waals surface area contributed by atoms with Gasteiger partial charge in [0.1, 0.15) is 6.10 Å². The van der Waals surface area contributed by atoms with E-state index in [1.807, 2.05) is 0 Å². The summed E-state index contributed by atoms with van der Waals surface area (Å²) in [6, 6.07) is 0. The van der Waals surface area contributed by atoms with Gasteiger partial charge in [0.05, 0.1) is 46.2 Å². The zero-order valence-electron chi connectivity index (χ0n) is 12.6. The van der Waals surface area contributed by atoms with E-state index in [0.717, 1.165) is 0 Å². The maximum Gasteiger partial charge on any atom is 0.503 e. The highest BCUT2D eigenvalue weighted by molar-refractivity contribution is 5.97. The van der Waals surface area contributed by atoms with E-state index in [2.05, 4.69) is 6.58 Å². The fourth-order valence-corrected chi connectivity index (χ4v) is 1.06. The summed E-state index contributed by atoms with van der Waals surface area (Å²) < 4.78 is 15.2. The standard InChI is InChI=1S/C12H22O6.CH2O3/c1-10(2)12(15)11(14)9-18-8-7-17-6-5-16-4-3-13;2-1(3)4/h11,13-14H,1,3-9H2,2H3;(H2,2,3,4). The first kappa shape index (κ1) is 22.8. The van der Waals surface area contributed by atoms with E-state index in [9.17, 15) is 9.90 Å². The highest BCUT2D eigenvalue weighted by Gasteiger charge is 2.15. The van der Waals surface area contributed by atoms with Crippen molar-refractivity contribution < 1.29 is 44.2 Å². The Balaban J connectivity index is 0. The number of ether oxygens (including phenoxy) is 3. The van der Waals surface area contributed by atoms with Crippen LogP contribution in [0.2, 0.25) is 0 Å². The van der Waals surface area contributed by atoms with E-state index in [-0.39, 0.29) is 13.2 Å². The van der Waals surface area contributed by atoms with Crippen LogP contribution in [0.15, 0.2) is 12.2 Å². The Labute approximate surface area is 128 Å². The molecule has 9 heteroatoms. The zero-order chi connectivity index (χ0) is 17.4. The molecule has 1 unspecified atom stereocenters. The Morgan fingerprint density at radius 2 is 1.41 bits per heavy atom. The van der Waals surface area contributed by atoms with Crippen LogP contribution in [0.3, 0.4) is 0 Å². The van der Waals surface area contributed by atoms with Crippen LogP contribution in [0, 0.1) is 0 Å². The van der Waals surface area contributed by atoms with Crippen molar-refractivity contribution in [2.24, 2.45) is 0 Å². The molecular formula is C13H24O9. The van der Waals surface area contributed by atoms with Crippen molar-refractivity contribution in [1.29, 1.82) is 0 Å². The minimum atomic E-state index is -1.83. The lowest BCUT2D eigenvalue weighted by Crippen LogP contribution is -2.27. The summed E-state index contributed by atoms with van der Waals surface area (Å²) in [5.41, 5.74) is 0.309. The molecule has 22 heavy (non-hydrogen) atoms.